The molecule has 7 heteroatoms. The summed E-state index contributed by atoms with van der Waals surface area (Å²) in [6.45, 7) is 1.80. The van der Waals surface area contributed by atoms with Crippen LogP contribution in [0.1, 0.15) is 60.5 Å². The predicted molar refractivity (Wildman–Crippen MR) is 87.7 cm³/mol. The van der Waals surface area contributed by atoms with Gasteiger partial charge in [-0.3, -0.25) is 9.89 Å². The molecule has 0 aromatic carbocycles. The van der Waals surface area contributed by atoms with Crippen molar-refractivity contribution in [2.45, 2.75) is 51.0 Å². The van der Waals surface area contributed by atoms with E-state index in [2.05, 4.69) is 25.9 Å². The lowest BCUT2D eigenvalue weighted by atomic mass is 9.85. The van der Waals surface area contributed by atoms with Crippen LogP contribution in [0.3, 0.4) is 0 Å². The van der Waals surface area contributed by atoms with Crippen molar-refractivity contribution in [3.8, 4) is 0 Å². The van der Waals surface area contributed by atoms with Crippen molar-refractivity contribution in [1.82, 2.24) is 20.0 Å². The number of fused-ring (bicyclic) bond motifs is 1. The summed E-state index contributed by atoms with van der Waals surface area (Å²) in [6.07, 6.45) is 10.4. The Morgan fingerprint density at radius 2 is 2.09 bits per heavy atom. The largest absolute Gasteiger partial charge is 0.368 e. The van der Waals surface area contributed by atoms with E-state index in [9.17, 15) is 4.79 Å². The molecule has 23 heavy (non-hydrogen) atoms. The minimum absolute atomic E-state index is 0.109. The minimum Gasteiger partial charge on any atom is -0.368 e. The number of anilines is 2. The quantitative estimate of drug-likeness (QED) is 0.813. The molecule has 0 radical (unpaired) electrons. The number of rotatable bonds is 3. The topological polar surface area (TPSA) is 87.6 Å². The first-order chi connectivity index (χ1) is 11.3. The molecule has 3 heterocycles. The summed E-state index contributed by atoms with van der Waals surface area (Å²) in [5.74, 6) is 1.21. The number of nitrogens with zero attached hydrogens (tertiary/aromatic N) is 3. The van der Waals surface area contributed by atoms with Crippen LogP contribution in [0, 0.1) is 0 Å². The van der Waals surface area contributed by atoms with Crippen LogP contribution in [0.5, 0.6) is 0 Å². The van der Waals surface area contributed by atoms with E-state index in [4.69, 9.17) is 0 Å². The third-order valence-electron chi connectivity index (χ3n) is 4.85. The van der Waals surface area contributed by atoms with E-state index < -0.39 is 0 Å². The van der Waals surface area contributed by atoms with Crippen molar-refractivity contribution < 1.29 is 4.79 Å². The Morgan fingerprint density at radius 1 is 1.22 bits per heavy atom. The SMILES string of the molecule is O=C(Nc1cnn2c1NCCC2)c1cn[nH]c1C1CCCCC1. The monoisotopic (exact) mass is 314 g/mol. The van der Waals surface area contributed by atoms with Crippen molar-refractivity contribution in [3.63, 3.8) is 0 Å². The minimum atomic E-state index is -0.109. The van der Waals surface area contributed by atoms with Crippen molar-refractivity contribution in [2.24, 2.45) is 0 Å². The van der Waals surface area contributed by atoms with Gasteiger partial charge in [0, 0.05) is 19.0 Å². The highest BCUT2D eigenvalue weighted by atomic mass is 16.1. The van der Waals surface area contributed by atoms with Gasteiger partial charge in [0.15, 0.2) is 0 Å². The molecule has 2 aromatic heterocycles. The van der Waals surface area contributed by atoms with Gasteiger partial charge in [-0.1, -0.05) is 19.3 Å². The Labute approximate surface area is 134 Å². The van der Waals surface area contributed by atoms with Crippen LogP contribution in [0.15, 0.2) is 12.4 Å². The van der Waals surface area contributed by atoms with Crippen LogP contribution >= 0.6 is 0 Å². The molecule has 0 unspecified atom stereocenters. The Bertz CT molecular complexity index is 697. The van der Waals surface area contributed by atoms with Gasteiger partial charge in [0.1, 0.15) is 11.5 Å². The molecule has 2 aromatic rings. The maximum atomic E-state index is 12.7. The van der Waals surface area contributed by atoms with Crippen LogP contribution in [0.25, 0.3) is 0 Å². The second kappa shape index (κ2) is 6.06. The van der Waals surface area contributed by atoms with Crippen LogP contribution < -0.4 is 10.6 Å². The highest BCUT2D eigenvalue weighted by Gasteiger charge is 2.24. The van der Waals surface area contributed by atoms with Gasteiger partial charge in [-0.05, 0) is 19.3 Å². The van der Waals surface area contributed by atoms with Gasteiger partial charge in [-0.15, -0.1) is 0 Å². The summed E-state index contributed by atoms with van der Waals surface area (Å²) in [5.41, 5.74) is 2.38. The molecule has 3 N–H and O–H groups in total. The third-order valence-corrected chi connectivity index (χ3v) is 4.85. The molecule has 0 spiro atoms. The van der Waals surface area contributed by atoms with Crippen molar-refractivity contribution in [3.05, 3.63) is 23.7 Å². The lowest BCUT2D eigenvalue weighted by molar-refractivity contribution is 0.102. The number of amides is 1. The molecule has 0 atom stereocenters. The summed E-state index contributed by atoms with van der Waals surface area (Å²) in [7, 11) is 0. The number of aromatic nitrogens is 4. The molecular formula is C16H22N6O. The van der Waals surface area contributed by atoms with Gasteiger partial charge in [0.05, 0.1) is 23.7 Å². The second-order valence-corrected chi connectivity index (χ2v) is 6.40. The van der Waals surface area contributed by atoms with E-state index >= 15 is 0 Å². The number of nitrogens with one attached hydrogen (secondary N) is 3. The number of aryl methyl sites for hydroxylation is 1. The number of hydrogen-bond acceptors (Lipinski definition) is 4. The van der Waals surface area contributed by atoms with Gasteiger partial charge < -0.3 is 10.6 Å². The summed E-state index contributed by atoms with van der Waals surface area (Å²) >= 11 is 0. The van der Waals surface area contributed by atoms with E-state index in [1.54, 1.807) is 12.4 Å². The first kappa shape index (κ1) is 14.3. The zero-order valence-electron chi connectivity index (χ0n) is 13.1. The zero-order chi connectivity index (χ0) is 15.6. The maximum absolute atomic E-state index is 12.7. The van der Waals surface area contributed by atoms with E-state index in [1.807, 2.05) is 4.68 Å². The van der Waals surface area contributed by atoms with Gasteiger partial charge in [-0.2, -0.15) is 10.2 Å². The Morgan fingerprint density at radius 3 is 2.96 bits per heavy atom. The highest BCUT2D eigenvalue weighted by Crippen LogP contribution is 2.33. The van der Waals surface area contributed by atoms with E-state index in [1.165, 1.54) is 19.3 Å². The normalized spacial score (nSPS) is 18.3. The van der Waals surface area contributed by atoms with E-state index in [0.717, 1.165) is 49.6 Å². The lowest BCUT2D eigenvalue weighted by Crippen LogP contribution is -2.20. The number of carbonyl (C=O) groups excluding carboxylic acids is 1. The number of carbonyl (C=O) groups is 1. The van der Waals surface area contributed by atoms with Crippen molar-refractivity contribution in [1.29, 1.82) is 0 Å². The van der Waals surface area contributed by atoms with E-state index in [0.29, 0.717) is 11.5 Å². The zero-order valence-corrected chi connectivity index (χ0v) is 13.1. The number of aromatic amines is 1. The Balaban J connectivity index is 1.53. The molecule has 1 aliphatic carbocycles. The standard InChI is InChI=1S/C16H22N6O/c23-16(20-13-10-19-22-8-4-7-17-15(13)22)12-9-18-21-14(12)11-5-2-1-3-6-11/h9-11,17H,1-8H2,(H,18,21)(H,20,23). The molecule has 1 aliphatic heterocycles. The summed E-state index contributed by atoms with van der Waals surface area (Å²) in [6, 6.07) is 0. The molecule has 1 amide bonds. The van der Waals surface area contributed by atoms with Crippen molar-refractivity contribution >= 4 is 17.4 Å². The molecule has 122 valence electrons. The van der Waals surface area contributed by atoms with Gasteiger partial charge in [0.25, 0.3) is 5.91 Å². The average Bonchev–Trinajstić information content (AvgIpc) is 3.23. The van der Waals surface area contributed by atoms with E-state index in [-0.39, 0.29) is 5.91 Å². The predicted octanol–water partition coefficient (Wildman–Crippen LogP) is 2.72. The summed E-state index contributed by atoms with van der Waals surface area (Å²) < 4.78 is 1.90. The van der Waals surface area contributed by atoms with Crippen LogP contribution in [-0.2, 0) is 6.54 Å². The van der Waals surface area contributed by atoms with Gasteiger partial charge >= 0.3 is 0 Å². The summed E-state index contributed by atoms with van der Waals surface area (Å²) in [5, 5.41) is 17.8. The number of hydrogen-bond donors (Lipinski definition) is 3. The molecule has 1 saturated carbocycles. The molecule has 4 rings (SSSR count). The first-order valence-corrected chi connectivity index (χ1v) is 8.47. The molecule has 1 fully saturated rings. The Kier molecular flexibility index (Phi) is 3.77. The van der Waals surface area contributed by atoms with Gasteiger partial charge in [-0.25, -0.2) is 4.68 Å². The first-order valence-electron chi connectivity index (χ1n) is 8.47. The van der Waals surface area contributed by atoms with Crippen LogP contribution in [0.2, 0.25) is 0 Å². The van der Waals surface area contributed by atoms with Crippen LogP contribution in [0.4, 0.5) is 11.5 Å². The summed E-state index contributed by atoms with van der Waals surface area (Å²) in [4.78, 5) is 12.7. The fourth-order valence-electron chi connectivity index (χ4n) is 3.64. The molecule has 0 saturated heterocycles. The highest BCUT2D eigenvalue weighted by molar-refractivity contribution is 6.06. The van der Waals surface area contributed by atoms with Crippen LogP contribution in [-0.4, -0.2) is 32.4 Å². The second-order valence-electron chi connectivity index (χ2n) is 6.40. The Hall–Kier alpha value is -2.31. The third kappa shape index (κ3) is 2.71. The smallest absolute Gasteiger partial charge is 0.259 e. The lowest BCUT2D eigenvalue weighted by Gasteiger charge is -2.21. The molecule has 0 bridgehead atoms. The fourth-order valence-corrected chi connectivity index (χ4v) is 3.64. The number of H-pyrrole nitrogens is 1. The molecular weight excluding hydrogens is 292 g/mol. The maximum Gasteiger partial charge on any atom is 0.259 e. The molecule has 2 aliphatic rings. The molecule has 7 nitrogen and oxygen atoms in total. The van der Waals surface area contributed by atoms with Gasteiger partial charge in [0.2, 0.25) is 0 Å². The fraction of sp³-hybridized carbons (Fsp3) is 0.562. The average molecular weight is 314 g/mol. The van der Waals surface area contributed by atoms with Crippen molar-refractivity contribution in [2.75, 3.05) is 17.2 Å².